The Kier molecular flexibility index (Phi) is 5.55. The van der Waals surface area contributed by atoms with E-state index in [0.29, 0.717) is 18.9 Å². The molecule has 0 fully saturated rings. The van der Waals surface area contributed by atoms with Crippen molar-refractivity contribution in [3.05, 3.63) is 42.0 Å². The van der Waals surface area contributed by atoms with E-state index in [9.17, 15) is 4.79 Å². The molecule has 1 atom stereocenters. The summed E-state index contributed by atoms with van der Waals surface area (Å²) < 4.78 is 4.90. The second kappa shape index (κ2) is 7.61. The van der Waals surface area contributed by atoms with Crippen LogP contribution >= 0.6 is 0 Å². The number of ether oxygens (including phenoxy) is 1. The molecule has 1 amide bonds. The first kappa shape index (κ1) is 16.0. The third-order valence-corrected chi connectivity index (χ3v) is 3.33. The number of aryl methyl sites for hydroxylation is 1. The van der Waals surface area contributed by atoms with Crippen LogP contribution in [0.25, 0.3) is 11.4 Å². The molecule has 0 radical (unpaired) electrons. The van der Waals surface area contributed by atoms with Crippen LogP contribution in [-0.4, -0.2) is 34.6 Å². The van der Waals surface area contributed by atoms with Gasteiger partial charge >= 0.3 is 0 Å². The quantitative estimate of drug-likeness (QED) is 0.883. The number of hydrogen-bond acceptors (Lipinski definition) is 5. The zero-order chi connectivity index (χ0) is 15.9. The molecule has 0 aliphatic carbocycles. The van der Waals surface area contributed by atoms with E-state index in [-0.39, 0.29) is 11.9 Å². The standard InChI is InChI=1S/C16H20N4O2/c1-11(19-15(21)6-9-22-3)14-10-18-16(20-12(14)2)13-4-7-17-8-5-13/h4-5,7-8,10-11H,6,9H2,1-3H3,(H,19,21). The van der Waals surface area contributed by atoms with Crippen LogP contribution < -0.4 is 5.32 Å². The molecular weight excluding hydrogens is 280 g/mol. The van der Waals surface area contributed by atoms with Crippen molar-refractivity contribution in [1.29, 1.82) is 0 Å². The number of hydrogen-bond donors (Lipinski definition) is 1. The maximum absolute atomic E-state index is 11.7. The predicted octanol–water partition coefficient (Wildman–Crippen LogP) is 2.06. The predicted molar refractivity (Wildman–Crippen MR) is 83.1 cm³/mol. The van der Waals surface area contributed by atoms with Crippen molar-refractivity contribution in [1.82, 2.24) is 20.3 Å². The molecule has 0 bridgehead atoms. The van der Waals surface area contributed by atoms with Gasteiger partial charge in [-0.1, -0.05) is 0 Å². The molecule has 2 aromatic rings. The third-order valence-electron chi connectivity index (χ3n) is 3.33. The first-order chi connectivity index (χ1) is 10.6. The summed E-state index contributed by atoms with van der Waals surface area (Å²) >= 11 is 0. The molecule has 0 saturated heterocycles. The van der Waals surface area contributed by atoms with Crippen molar-refractivity contribution in [3.8, 4) is 11.4 Å². The maximum atomic E-state index is 11.7. The van der Waals surface area contributed by atoms with Gasteiger partial charge in [0.1, 0.15) is 0 Å². The molecule has 0 saturated carbocycles. The van der Waals surface area contributed by atoms with Gasteiger partial charge < -0.3 is 10.1 Å². The molecule has 2 heterocycles. The Hall–Kier alpha value is -2.34. The Morgan fingerprint density at radius 1 is 1.36 bits per heavy atom. The Labute approximate surface area is 130 Å². The molecule has 0 aliphatic rings. The number of methoxy groups -OCH3 is 1. The summed E-state index contributed by atoms with van der Waals surface area (Å²) in [5, 5.41) is 2.92. The lowest BCUT2D eigenvalue weighted by molar-refractivity contribution is -0.122. The summed E-state index contributed by atoms with van der Waals surface area (Å²) in [6, 6.07) is 3.59. The number of pyridine rings is 1. The van der Waals surface area contributed by atoms with E-state index < -0.39 is 0 Å². The van der Waals surface area contributed by atoms with Crippen molar-refractivity contribution in [2.24, 2.45) is 0 Å². The minimum Gasteiger partial charge on any atom is -0.384 e. The fraction of sp³-hybridized carbons (Fsp3) is 0.375. The van der Waals surface area contributed by atoms with Gasteiger partial charge in [0.05, 0.1) is 12.6 Å². The molecule has 6 nitrogen and oxygen atoms in total. The first-order valence-electron chi connectivity index (χ1n) is 7.14. The van der Waals surface area contributed by atoms with E-state index in [1.807, 2.05) is 26.0 Å². The van der Waals surface area contributed by atoms with Crippen molar-refractivity contribution in [2.45, 2.75) is 26.3 Å². The Morgan fingerprint density at radius 3 is 2.73 bits per heavy atom. The summed E-state index contributed by atoms with van der Waals surface area (Å²) in [5.74, 6) is 0.605. The summed E-state index contributed by atoms with van der Waals surface area (Å²) in [5.41, 5.74) is 2.67. The summed E-state index contributed by atoms with van der Waals surface area (Å²) in [6.07, 6.45) is 5.52. The van der Waals surface area contributed by atoms with E-state index >= 15 is 0 Å². The Balaban J connectivity index is 2.11. The van der Waals surface area contributed by atoms with E-state index in [4.69, 9.17) is 4.74 Å². The van der Waals surface area contributed by atoms with Gasteiger partial charge in [0.25, 0.3) is 0 Å². The molecule has 116 valence electrons. The average molecular weight is 300 g/mol. The molecule has 6 heteroatoms. The zero-order valence-corrected chi connectivity index (χ0v) is 13.0. The molecule has 22 heavy (non-hydrogen) atoms. The van der Waals surface area contributed by atoms with Crippen molar-refractivity contribution < 1.29 is 9.53 Å². The largest absolute Gasteiger partial charge is 0.384 e. The van der Waals surface area contributed by atoms with Gasteiger partial charge in [-0.2, -0.15) is 0 Å². The maximum Gasteiger partial charge on any atom is 0.222 e. The highest BCUT2D eigenvalue weighted by Gasteiger charge is 2.14. The molecule has 0 aliphatic heterocycles. The van der Waals surface area contributed by atoms with Crippen LogP contribution in [0.15, 0.2) is 30.7 Å². The van der Waals surface area contributed by atoms with Gasteiger partial charge in [-0.15, -0.1) is 0 Å². The average Bonchev–Trinajstić information content (AvgIpc) is 2.53. The van der Waals surface area contributed by atoms with Crippen LogP contribution in [-0.2, 0) is 9.53 Å². The van der Waals surface area contributed by atoms with Crippen LogP contribution in [0.3, 0.4) is 0 Å². The number of aromatic nitrogens is 3. The molecule has 2 aromatic heterocycles. The Morgan fingerprint density at radius 2 is 2.09 bits per heavy atom. The van der Waals surface area contributed by atoms with Gasteiger partial charge in [0, 0.05) is 48.9 Å². The van der Waals surface area contributed by atoms with Gasteiger partial charge in [-0.3, -0.25) is 9.78 Å². The highest BCUT2D eigenvalue weighted by Crippen LogP contribution is 2.19. The van der Waals surface area contributed by atoms with E-state index in [2.05, 4.69) is 20.3 Å². The molecule has 2 rings (SSSR count). The second-order valence-corrected chi connectivity index (χ2v) is 5.00. The molecule has 0 aromatic carbocycles. The van der Waals surface area contributed by atoms with Gasteiger partial charge in [-0.05, 0) is 26.0 Å². The first-order valence-corrected chi connectivity index (χ1v) is 7.14. The number of carbonyl (C=O) groups is 1. The van der Waals surface area contributed by atoms with E-state index in [1.54, 1.807) is 25.7 Å². The van der Waals surface area contributed by atoms with E-state index in [0.717, 1.165) is 16.8 Å². The fourth-order valence-electron chi connectivity index (χ4n) is 2.13. The topological polar surface area (TPSA) is 77.0 Å². The minimum absolute atomic E-state index is 0.0491. The lowest BCUT2D eigenvalue weighted by Crippen LogP contribution is -2.28. The number of amides is 1. The van der Waals surface area contributed by atoms with Crippen LogP contribution in [0, 0.1) is 6.92 Å². The lowest BCUT2D eigenvalue weighted by Gasteiger charge is -2.16. The highest BCUT2D eigenvalue weighted by molar-refractivity contribution is 5.76. The van der Waals surface area contributed by atoms with Gasteiger partial charge in [0.15, 0.2) is 5.82 Å². The monoisotopic (exact) mass is 300 g/mol. The van der Waals surface area contributed by atoms with Gasteiger partial charge in [0.2, 0.25) is 5.91 Å². The van der Waals surface area contributed by atoms with Gasteiger partial charge in [-0.25, -0.2) is 9.97 Å². The van der Waals surface area contributed by atoms with E-state index in [1.165, 1.54) is 0 Å². The second-order valence-electron chi connectivity index (χ2n) is 5.00. The minimum atomic E-state index is -0.143. The summed E-state index contributed by atoms with van der Waals surface area (Å²) in [4.78, 5) is 24.6. The molecule has 0 spiro atoms. The summed E-state index contributed by atoms with van der Waals surface area (Å²) in [7, 11) is 1.58. The number of rotatable bonds is 6. The highest BCUT2D eigenvalue weighted by atomic mass is 16.5. The fourth-order valence-corrected chi connectivity index (χ4v) is 2.13. The van der Waals surface area contributed by atoms with Crippen LogP contribution in [0.5, 0.6) is 0 Å². The van der Waals surface area contributed by atoms with Crippen LogP contribution in [0.4, 0.5) is 0 Å². The normalized spacial score (nSPS) is 12.0. The number of nitrogens with zero attached hydrogens (tertiary/aromatic N) is 3. The number of nitrogens with one attached hydrogen (secondary N) is 1. The molecule has 1 N–H and O–H groups in total. The van der Waals surface area contributed by atoms with Crippen molar-refractivity contribution >= 4 is 5.91 Å². The SMILES string of the molecule is COCCC(=O)NC(C)c1cnc(-c2ccncc2)nc1C. The van der Waals surface area contributed by atoms with Crippen LogP contribution in [0.2, 0.25) is 0 Å². The van der Waals surface area contributed by atoms with Crippen molar-refractivity contribution in [2.75, 3.05) is 13.7 Å². The Bertz CT molecular complexity index is 631. The smallest absolute Gasteiger partial charge is 0.222 e. The zero-order valence-electron chi connectivity index (χ0n) is 13.0. The third kappa shape index (κ3) is 4.08. The van der Waals surface area contributed by atoms with Crippen molar-refractivity contribution in [3.63, 3.8) is 0 Å². The number of carbonyl (C=O) groups excluding carboxylic acids is 1. The molecule has 1 unspecified atom stereocenters. The summed E-state index contributed by atoms with van der Waals surface area (Å²) in [6.45, 7) is 4.25. The van der Waals surface area contributed by atoms with Crippen LogP contribution in [0.1, 0.15) is 30.6 Å². The molecular formula is C16H20N4O2. The lowest BCUT2D eigenvalue weighted by atomic mass is 10.1.